The van der Waals surface area contributed by atoms with Gasteiger partial charge in [-0.1, -0.05) is 11.3 Å². The Morgan fingerprint density at radius 2 is 2.15 bits per heavy atom. The van der Waals surface area contributed by atoms with E-state index >= 15 is 0 Å². The standard InChI is InChI=1S/C9H14N2OS/c1-6(2)11(4)9-10-7(3)8(5-12)13-9/h5-6H,1-4H3. The molecule has 4 heteroatoms. The first-order valence-electron chi connectivity index (χ1n) is 4.21. The van der Waals surface area contributed by atoms with Gasteiger partial charge in [0.25, 0.3) is 0 Å². The summed E-state index contributed by atoms with van der Waals surface area (Å²) in [7, 11) is 1.98. The van der Waals surface area contributed by atoms with Gasteiger partial charge in [0, 0.05) is 13.1 Å². The van der Waals surface area contributed by atoms with E-state index in [1.165, 1.54) is 11.3 Å². The lowest BCUT2D eigenvalue weighted by Crippen LogP contribution is -2.25. The summed E-state index contributed by atoms with van der Waals surface area (Å²) in [6.45, 7) is 6.05. The average molecular weight is 198 g/mol. The van der Waals surface area contributed by atoms with Gasteiger partial charge in [-0.2, -0.15) is 0 Å². The number of carbonyl (C=O) groups is 1. The fourth-order valence-electron chi connectivity index (χ4n) is 0.875. The minimum Gasteiger partial charge on any atom is -0.349 e. The molecule has 0 unspecified atom stereocenters. The molecule has 0 aromatic carbocycles. The zero-order valence-corrected chi connectivity index (χ0v) is 9.18. The molecule has 0 bridgehead atoms. The number of thiazole rings is 1. The summed E-state index contributed by atoms with van der Waals surface area (Å²) < 4.78 is 0. The van der Waals surface area contributed by atoms with Crippen molar-refractivity contribution in [1.82, 2.24) is 4.98 Å². The van der Waals surface area contributed by atoms with E-state index in [-0.39, 0.29) is 0 Å². The van der Waals surface area contributed by atoms with E-state index in [4.69, 9.17) is 0 Å². The molecule has 72 valence electrons. The third-order valence-corrected chi connectivity index (χ3v) is 3.18. The molecule has 1 aromatic rings. The number of anilines is 1. The largest absolute Gasteiger partial charge is 0.349 e. The maximum atomic E-state index is 10.6. The maximum Gasteiger partial charge on any atom is 0.186 e. The lowest BCUT2D eigenvalue weighted by atomic mass is 10.4. The van der Waals surface area contributed by atoms with Crippen molar-refractivity contribution in [1.29, 1.82) is 0 Å². The Bertz CT molecular complexity index is 307. The first-order valence-corrected chi connectivity index (χ1v) is 5.03. The van der Waals surface area contributed by atoms with Crippen LogP contribution in [0.5, 0.6) is 0 Å². The van der Waals surface area contributed by atoms with Gasteiger partial charge in [-0.15, -0.1) is 0 Å². The quantitative estimate of drug-likeness (QED) is 0.697. The Morgan fingerprint density at radius 3 is 2.54 bits per heavy atom. The van der Waals surface area contributed by atoms with Gasteiger partial charge >= 0.3 is 0 Å². The Morgan fingerprint density at radius 1 is 1.54 bits per heavy atom. The van der Waals surface area contributed by atoms with Crippen molar-refractivity contribution in [2.75, 3.05) is 11.9 Å². The molecule has 1 rings (SSSR count). The summed E-state index contributed by atoms with van der Waals surface area (Å²) in [5.41, 5.74) is 0.822. The molecule has 0 radical (unpaired) electrons. The SMILES string of the molecule is Cc1nc(N(C)C(C)C)sc1C=O. The topological polar surface area (TPSA) is 33.2 Å². The Labute approximate surface area is 82.4 Å². The van der Waals surface area contributed by atoms with Gasteiger partial charge in [0.05, 0.1) is 10.6 Å². The smallest absolute Gasteiger partial charge is 0.186 e. The van der Waals surface area contributed by atoms with Crippen molar-refractivity contribution in [2.24, 2.45) is 0 Å². The van der Waals surface area contributed by atoms with Gasteiger partial charge in [-0.25, -0.2) is 4.98 Å². The lowest BCUT2D eigenvalue weighted by Gasteiger charge is -2.19. The van der Waals surface area contributed by atoms with Crippen LogP contribution in [0.1, 0.15) is 29.2 Å². The zero-order valence-electron chi connectivity index (χ0n) is 8.37. The van der Waals surface area contributed by atoms with Gasteiger partial charge in [-0.05, 0) is 20.8 Å². The number of carbonyl (C=O) groups excluding carboxylic acids is 1. The summed E-state index contributed by atoms with van der Waals surface area (Å²) >= 11 is 1.44. The van der Waals surface area contributed by atoms with Crippen LogP contribution in [-0.4, -0.2) is 24.4 Å². The van der Waals surface area contributed by atoms with Crippen LogP contribution in [0.25, 0.3) is 0 Å². The van der Waals surface area contributed by atoms with Gasteiger partial charge in [0.2, 0.25) is 0 Å². The van der Waals surface area contributed by atoms with Crippen molar-refractivity contribution >= 4 is 22.8 Å². The first-order chi connectivity index (χ1) is 6.06. The summed E-state index contributed by atoms with van der Waals surface area (Å²) in [4.78, 5) is 17.7. The van der Waals surface area contributed by atoms with Gasteiger partial charge in [0.15, 0.2) is 11.4 Å². The predicted molar refractivity (Wildman–Crippen MR) is 55.8 cm³/mol. The number of hydrogen-bond acceptors (Lipinski definition) is 4. The predicted octanol–water partition coefficient (Wildman–Crippen LogP) is 2.11. The molecular weight excluding hydrogens is 184 g/mol. The molecule has 0 N–H and O–H groups in total. The fraction of sp³-hybridized carbons (Fsp3) is 0.556. The molecule has 0 saturated heterocycles. The number of aldehydes is 1. The van der Waals surface area contributed by atoms with Gasteiger partial charge in [-0.3, -0.25) is 4.79 Å². The first kappa shape index (κ1) is 10.2. The Hall–Kier alpha value is -0.900. The molecular formula is C9H14N2OS. The van der Waals surface area contributed by atoms with Gasteiger partial charge < -0.3 is 4.90 Å². The number of rotatable bonds is 3. The van der Waals surface area contributed by atoms with E-state index in [1.54, 1.807) is 0 Å². The summed E-state index contributed by atoms with van der Waals surface area (Å²) in [5, 5.41) is 0.912. The third kappa shape index (κ3) is 2.06. The lowest BCUT2D eigenvalue weighted by molar-refractivity contribution is 0.112. The van der Waals surface area contributed by atoms with E-state index < -0.39 is 0 Å². The number of aromatic nitrogens is 1. The highest BCUT2D eigenvalue weighted by molar-refractivity contribution is 7.17. The van der Waals surface area contributed by atoms with Crippen molar-refractivity contribution < 1.29 is 4.79 Å². The highest BCUT2D eigenvalue weighted by Gasteiger charge is 2.12. The number of nitrogens with zero attached hydrogens (tertiary/aromatic N) is 2. The highest BCUT2D eigenvalue weighted by atomic mass is 32.1. The van der Waals surface area contributed by atoms with Crippen LogP contribution in [0.3, 0.4) is 0 Å². The molecule has 1 aromatic heterocycles. The van der Waals surface area contributed by atoms with Crippen molar-refractivity contribution in [3.05, 3.63) is 10.6 Å². The third-order valence-electron chi connectivity index (χ3n) is 2.00. The second-order valence-electron chi connectivity index (χ2n) is 3.27. The van der Waals surface area contributed by atoms with Crippen molar-refractivity contribution in [3.8, 4) is 0 Å². The van der Waals surface area contributed by atoms with Crippen LogP contribution in [0.2, 0.25) is 0 Å². The van der Waals surface area contributed by atoms with Crippen LogP contribution in [0, 0.1) is 6.92 Å². The molecule has 0 amide bonds. The van der Waals surface area contributed by atoms with E-state index in [1.807, 2.05) is 14.0 Å². The minimum absolute atomic E-state index is 0.407. The molecule has 0 fully saturated rings. The monoisotopic (exact) mass is 198 g/mol. The fourth-order valence-corrected chi connectivity index (χ4v) is 1.85. The normalized spacial score (nSPS) is 10.5. The molecule has 0 saturated carbocycles. The molecule has 0 spiro atoms. The summed E-state index contributed by atoms with van der Waals surface area (Å²) in [6.07, 6.45) is 0.866. The molecule has 0 aliphatic rings. The minimum atomic E-state index is 0.407. The molecule has 3 nitrogen and oxygen atoms in total. The Kier molecular flexibility index (Phi) is 3.03. The average Bonchev–Trinajstić information content (AvgIpc) is 2.45. The maximum absolute atomic E-state index is 10.6. The molecule has 0 aliphatic carbocycles. The van der Waals surface area contributed by atoms with Crippen LogP contribution < -0.4 is 4.90 Å². The molecule has 0 aliphatic heterocycles. The summed E-state index contributed by atoms with van der Waals surface area (Å²) in [5.74, 6) is 0. The molecule has 13 heavy (non-hydrogen) atoms. The molecule has 1 heterocycles. The Balaban J connectivity index is 2.96. The van der Waals surface area contributed by atoms with E-state index in [0.717, 1.165) is 22.0 Å². The van der Waals surface area contributed by atoms with Crippen LogP contribution in [-0.2, 0) is 0 Å². The van der Waals surface area contributed by atoms with Gasteiger partial charge in [0.1, 0.15) is 0 Å². The summed E-state index contributed by atoms with van der Waals surface area (Å²) in [6, 6.07) is 0.407. The van der Waals surface area contributed by atoms with Crippen LogP contribution in [0.4, 0.5) is 5.13 Å². The second-order valence-corrected chi connectivity index (χ2v) is 4.28. The van der Waals surface area contributed by atoms with Crippen molar-refractivity contribution in [2.45, 2.75) is 26.8 Å². The number of hydrogen-bond donors (Lipinski definition) is 0. The van der Waals surface area contributed by atoms with Crippen LogP contribution >= 0.6 is 11.3 Å². The van der Waals surface area contributed by atoms with E-state index in [0.29, 0.717) is 6.04 Å². The number of aryl methyl sites for hydroxylation is 1. The second kappa shape index (κ2) is 3.87. The zero-order chi connectivity index (χ0) is 10.0. The highest BCUT2D eigenvalue weighted by Crippen LogP contribution is 2.24. The van der Waals surface area contributed by atoms with E-state index in [2.05, 4.69) is 23.7 Å². The molecule has 0 atom stereocenters. The van der Waals surface area contributed by atoms with Crippen LogP contribution in [0.15, 0.2) is 0 Å². The van der Waals surface area contributed by atoms with Crippen molar-refractivity contribution in [3.63, 3.8) is 0 Å². The van der Waals surface area contributed by atoms with E-state index in [9.17, 15) is 4.79 Å².